The molecule has 0 fully saturated rings. The van der Waals surface area contributed by atoms with Crippen molar-refractivity contribution in [3.05, 3.63) is 63.9 Å². The van der Waals surface area contributed by atoms with Gasteiger partial charge in [-0.1, -0.05) is 53.5 Å². The molecule has 0 saturated heterocycles. The first kappa shape index (κ1) is 18.0. The number of rotatable bonds is 6. The number of aliphatic carboxylic acids is 1. The highest BCUT2D eigenvalue weighted by molar-refractivity contribution is 6.32. The summed E-state index contributed by atoms with van der Waals surface area (Å²) in [5, 5.41) is 12.0. The molecular formula is C16H14Cl2N2O4. The van der Waals surface area contributed by atoms with Gasteiger partial charge >= 0.3 is 12.1 Å². The van der Waals surface area contributed by atoms with Gasteiger partial charge in [0, 0.05) is 12.6 Å². The van der Waals surface area contributed by atoms with E-state index in [0.29, 0.717) is 10.6 Å². The topological polar surface area (TPSA) is 88.5 Å². The quantitative estimate of drug-likeness (QED) is 0.763. The fraction of sp³-hybridized carbons (Fsp3) is 0.188. The van der Waals surface area contributed by atoms with E-state index >= 15 is 0 Å². The molecule has 1 atom stereocenters. The monoisotopic (exact) mass is 368 g/mol. The highest BCUT2D eigenvalue weighted by Crippen LogP contribution is 2.19. The number of benzene rings is 1. The van der Waals surface area contributed by atoms with E-state index in [1.165, 1.54) is 12.3 Å². The van der Waals surface area contributed by atoms with Crippen molar-refractivity contribution in [2.24, 2.45) is 0 Å². The van der Waals surface area contributed by atoms with Crippen LogP contribution in [0.3, 0.4) is 0 Å². The third-order valence-electron chi connectivity index (χ3n) is 3.11. The number of aromatic nitrogens is 1. The van der Waals surface area contributed by atoms with Crippen LogP contribution in [0.5, 0.6) is 0 Å². The predicted octanol–water partition coefficient (Wildman–Crippen LogP) is 3.31. The van der Waals surface area contributed by atoms with Crippen LogP contribution in [-0.4, -0.2) is 28.2 Å². The molecular weight excluding hydrogens is 355 g/mol. The lowest BCUT2D eigenvalue weighted by Gasteiger charge is -2.15. The van der Waals surface area contributed by atoms with Gasteiger partial charge in [-0.25, -0.2) is 14.6 Å². The first-order valence-electron chi connectivity index (χ1n) is 6.95. The van der Waals surface area contributed by atoms with Crippen LogP contribution in [0.25, 0.3) is 0 Å². The molecule has 2 aromatic rings. The molecule has 8 heteroatoms. The first-order chi connectivity index (χ1) is 11.5. The minimum Gasteiger partial charge on any atom is -0.480 e. The van der Waals surface area contributed by atoms with Crippen LogP contribution in [0.4, 0.5) is 4.79 Å². The second kappa shape index (κ2) is 8.52. The smallest absolute Gasteiger partial charge is 0.408 e. The predicted molar refractivity (Wildman–Crippen MR) is 89.1 cm³/mol. The number of nitrogens with zero attached hydrogens (tertiary/aromatic N) is 1. The molecule has 0 aliphatic rings. The Labute approximate surface area is 148 Å². The van der Waals surface area contributed by atoms with Crippen LogP contribution < -0.4 is 5.32 Å². The van der Waals surface area contributed by atoms with Crippen molar-refractivity contribution < 1.29 is 19.4 Å². The summed E-state index contributed by atoms with van der Waals surface area (Å²) in [7, 11) is 0. The van der Waals surface area contributed by atoms with E-state index in [1.807, 2.05) is 18.2 Å². The Morgan fingerprint density at radius 3 is 2.62 bits per heavy atom. The Hall–Kier alpha value is -2.31. The van der Waals surface area contributed by atoms with Gasteiger partial charge in [0.1, 0.15) is 17.8 Å². The summed E-state index contributed by atoms with van der Waals surface area (Å²) in [4.78, 5) is 27.0. The second-order valence-corrected chi connectivity index (χ2v) is 5.70. The van der Waals surface area contributed by atoms with E-state index in [1.54, 1.807) is 12.1 Å². The van der Waals surface area contributed by atoms with Crippen LogP contribution in [-0.2, 0) is 22.6 Å². The lowest BCUT2D eigenvalue weighted by atomic mass is 10.1. The molecule has 0 aliphatic heterocycles. The molecule has 1 heterocycles. The summed E-state index contributed by atoms with van der Waals surface area (Å²) < 4.78 is 5.01. The minimum absolute atomic E-state index is 0.0402. The maximum absolute atomic E-state index is 11.8. The van der Waals surface area contributed by atoms with Crippen LogP contribution in [0.2, 0.25) is 10.2 Å². The number of carboxylic acid groups (broad SMARTS) is 1. The summed E-state index contributed by atoms with van der Waals surface area (Å²) in [5.74, 6) is -1.22. The standard InChI is InChI=1S/C16H14Cl2N2O4/c17-12-6-11(14(18)19-8-12)7-13(15(21)22)20-16(23)24-9-10-4-2-1-3-5-10/h1-6,8,13H,7,9H2,(H,20,23)(H,21,22). The molecule has 1 aromatic heterocycles. The molecule has 0 radical (unpaired) electrons. The lowest BCUT2D eigenvalue weighted by Crippen LogP contribution is -2.42. The van der Waals surface area contributed by atoms with E-state index in [2.05, 4.69) is 10.3 Å². The molecule has 2 N–H and O–H groups in total. The largest absolute Gasteiger partial charge is 0.480 e. The van der Waals surface area contributed by atoms with Gasteiger partial charge in [0.25, 0.3) is 0 Å². The van der Waals surface area contributed by atoms with Crippen LogP contribution in [0.15, 0.2) is 42.6 Å². The number of pyridine rings is 1. The van der Waals surface area contributed by atoms with E-state index in [4.69, 9.17) is 27.9 Å². The number of hydrogen-bond acceptors (Lipinski definition) is 4. The number of carboxylic acids is 1. The van der Waals surface area contributed by atoms with Gasteiger partial charge in [-0.2, -0.15) is 0 Å². The van der Waals surface area contributed by atoms with Crippen LogP contribution in [0.1, 0.15) is 11.1 Å². The normalized spacial score (nSPS) is 11.6. The number of nitrogens with one attached hydrogen (secondary N) is 1. The van der Waals surface area contributed by atoms with Crippen molar-refractivity contribution in [2.75, 3.05) is 0 Å². The summed E-state index contributed by atoms with van der Waals surface area (Å²) in [6.07, 6.45) is 0.449. The van der Waals surface area contributed by atoms with Crippen molar-refractivity contribution in [1.29, 1.82) is 0 Å². The van der Waals surface area contributed by atoms with E-state index in [0.717, 1.165) is 5.56 Å². The van der Waals surface area contributed by atoms with Gasteiger partial charge in [-0.15, -0.1) is 0 Å². The van der Waals surface area contributed by atoms with Crippen LogP contribution >= 0.6 is 23.2 Å². The summed E-state index contributed by atoms with van der Waals surface area (Å²) in [5.41, 5.74) is 1.21. The SMILES string of the molecule is O=C(NC(Cc1cc(Cl)cnc1Cl)C(=O)O)OCc1ccccc1. The maximum atomic E-state index is 11.8. The number of hydrogen-bond donors (Lipinski definition) is 2. The zero-order chi connectivity index (χ0) is 17.5. The molecule has 126 valence electrons. The molecule has 2 rings (SSSR count). The second-order valence-electron chi connectivity index (χ2n) is 4.90. The van der Waals surface area contributed by atoms with E-state index in [9.17, 15) is 14.7 Å². The minimum atomic E-state index is -1.22. The van der Waals surface area contributed by atoms with Crippen molar-refractivity contribution in [3.8, 4) is 0 Å². The number of ether oxygens (including phenoxy) is 1. The van der Waals surface area contributed by atoms with E-state index in [-0.39, 0.29) is 18.2 Å². The van der Waals surface area contributed by atoms with Crippen molar-refractivity contribution >= 4 is 35.3 Å². The molecule has 0 bridgehead atoms. The van der Waals surface area contributed by atoms with Crippen molar-refractivity contribution in [2.45, 2.75) is 19.1 Å². The first-order valence-corrected chi connectivity index (χ1v) is 7.71. The Morgan fingerprint density at radius 2 is 1.96 bits per heavy atom. The summed E-state index contributed by atoms with van der Waals surface area (Å²) in [6, 6.07) is 9.33. The van der Waals surface area contributed by atoms with Gasteiger partial charge in [0.05, 0.1) is 5.02 Å². The summed E-state index contributed by atoms with van der Waals surface area (Å²) >= 11 is 11.7. The Balaban J connectivity index is 1.96. The highest BCUT2D eigenvalue weighted by Gasteiger charge is 2.22. The molecule has 1 amide bonds. The average molecular weight is 369 g/mol. The molecule has 0 aliphatic carbocycles. The number of carbonyl (C=O) groups is 2. The number of alkyl carbamates (subject to hydrolysis) is 1. The van der Waals surface area contributed by atoms with Gasteiger partial charge in [0.15, 0.2) is 0 Å². The average Bonchev–Trinajstić information content (AvgIpc) is 2.56. The fourth-order valence-electron chi connectivity index (χ4n) is 1.93. The zero-order valence-corrected chi connectivity index (χ0v) is 13.9. The number of halogens is 2. The Morgan fingerprint density at radius 1 is 1.25 bits per heavy atom. The number of amides is 1. The Bertz CT molecular complexity index is 725. The van der Waals surface area contributed by atoms with Gasteiger partial charge in [0.2, 0.25) is 0 Å². The zero-order valence-electron chi connectivity index (χ0n) is 12.4. The van der Waals surface area contributed by atoms with E-state index < -0.39 is 18.1 Å². The maximum Gasteiger partial charge on any atom is 0.408 e. The van der Waals surface area contributed by atoms with Crippen LogP contribution in [0, 0.1) is 0 Å². The molecule has 24 heavy (non-hydrogen) atoms. The number of carbonyl (C=O) groups excluding carboxylic acids is 1. The molecule has 1 aromatic carbocycles. The fourth-order valence-corrected chi connectivity index (χ4v) is 2.30. The lowest BCUT2D eigenvalue weighted by molar-refractivity contribution is -0.139. The summed E-state index contributed by atoms with van der Waals surface area (Å²) in [6.45, 7) is 0.0402. The third kappa shape index (κ3) is 5.40. The molecule has 0 spiro atoms. The third-order valence-corrected chi connectivity index (χ3v) is 3.65. The van der Waals surface area contributed by atoms with Gasteiger partial charge < -0.3 is 15.2 Å². The van der Waals surface area contributed by atoms with Crippen molar-refractivity contribution in [1.82, 2.24) is 10.3 Å². The van der Waals surface area contributed by atoms with Gasteiger partial charge in [-0.3, -0.25) is 0 Å². The molecule has 6 nitrogen and oxygen atoms in total. The molecule has 1 unspecified atom stereocenters. The van der Waals surface area contributed by atoms with Crippen molar-refractivity contribution in [3.63, 3.8) is 0 Å². The highest BCUT2D eigenvalue weighted by atomic mass is 35.5. The molecule has 0 saturated carbocycles. The van der Waals surface area contributed by atoms with Gasteiger partial charge in [-0.05, 0) is 17.2 Å². The Kier molecular flexibility index (Phi) is 6.40.